The van der Waals surface area contributed by atoms with Crippen LogP contribution in [0.4, 0.5) is 5.82 Å². The number of anilines is 1. The average Bonchev–Trinajstić information content (AvgIpc) is 3.11. The summed E-state index contributed by atoms with van der Waals surface area (Å²) in [4.78, 5) is 30.3. The number of carbonyl (C=O) groups is 1. The van der Waals surface area contributed by atoms with E-state index in [1.807, 2.05) is 39.0 Å². The van der Waals surface area contributed by atoms with Gasteiger partial charge in [-0.1, -0.05) is 63.2 Å². The van der Waals surface area contributed by atoms with Crippen LogP contribution < -0.4 is 29.0 Å². The third kappa shape index (κ3) is 8.59. The van der Waals surface area contributed by atoms with Crippen molar-refractivity contribution in [3.8, 4) is 40.5 Å². The molecule has 3 aromatic carbocycles. The minimum atomic E-state index is -4.24. The summed E-state index contributed by atoms with van der Waals surface area (Å²) in [6, 6.07) is 22.1. The molecular weight excluding hydrogens is 648 g/mol. The Kier molecular flexibility index (Phi) is 10.6. The minimum absolute atomic E-state index is 0.0157. The van der Waals surface area contributed by atoms with Crippen molar-refractivity contribution >= 4 is 21.7 Å². The largest absolute Gasteiger partial charge is 0.496 e. The van der Waals surface area contributed by atoms with Gasteiger partial charge in [-0.05, 0) is 47.4 Å². The summed E-state index contributed by atoms with van der Waals surface area (Å²) < 4.78 is 53.0. The molecule has 14 heteroatoms. The smallest absolute Gasteiger partial charge is 0.264 e. The molecule has 1 amide bonds. The van der Waals surface area contributed by atoms with E-state index < -0.39 is 22.5 Å². The van der Waals surface area contributed by atoms with Gasteiger partial charge in [-0.15, -0.1) is 0 Å². The van der Waals surface area contributed by atoms with E-state index >= 15 is 0 Å². The molecule has 0 atom stereocenters. The number of para-hydroxylation sites is 3. The van der Waals surface area contributed by atoms with Crippen molar-refractivity contribution in [1.29, 1.82) is 0 Å². The number of sulfonamides is 1. The monoisotopic (exact) mass is 684 g/mol. The van der Waals surface area contributed by atoms with E-state index in [9.17, 15) is 13.2 Å². The van der Waals surface area contributed by atoms with Gasteiger partial charge in [0.05, 0.1) is 19.1 Å². The van der Waals surface area contributed by atoms with E-state index in [4.69, 9.17) is 18.9 Å². The summed E-state index contributed by atoms with van der Waals surface area (Å²) in [7, 11) is -1.23. The van der Waals surface area contributed by atoms with Crippen molar-refractivity contribution in [2.75, 3.05) is 25.5 Å². The van der Waals surface area contributed by atoms with Gasteiger partial charge in [0.25, 0.3) is 21.8 Å². The van der Waals surface area contributed by atoms with Crippen molar-refractivity contribution in [3.05, 3.63) is 102 Å². The summed E-state index contributed by atoms with van der Waals surface area (Å²) in [5, 5.41) is 2.78. The maximum atomic E-state index is 13.8. The lowest BCUT2D eigenvalue weighted by Gasteiger charge is -2.20. The molecule has 13 nitrogen and oxygen atoms in total. The van der Waals surface area contributed by atoms with Crippen LogP contribution in [-0.4, -0.2) is 55.1 Å². The molecule has 49 heavy (non-hydrogen) atoms. The van der Waals surface area contributed by atoms with Crippen LogP contribution in [0.2, 0.25) is 0 Å². The lowest BCUT2D eigenvalue weighted by atomic mass is 9.87. The number of ether oxygens (including phenoxy) is 4. The standard InChI is InChI=1S/C35H36N6O7S/c1-35(2,3)24-15-17-25(18-16-24)49(43,44)41-31-30(48-28-14-9-8-13-27(28)46-5)34(40-33(39-31)32-36-19-10-20-37-32)47-22-29(42)38-21-23-11-6-7-12-26(23)45-4/h6-20H,21-22H2,1-5H3,(H,38,42)(H,39,40,41). The first-order valence-corrected chi connectivity index (χ1v) is 16.6. The highest BCUT2D eigenvalue weighted by Crippen LogP contribution is 2.41. The van der Waals surface area contributed by atoms with Crippen LogP contribution in [0.3, 0.4) is 0 Å². The van der Waals surface area contributed by atoms with Gasteiger partial charge in [-0.2, -0.15) is 4.98 Å². The van der Waals surface area contributed by atoms with Crippen LogP contribution in [0.15, 0.2) is 96.2 Å². The number of nitrogens with one attached hydrogen (secondary N) is 2. The van der Waals surface area contributed by atoms with E-state index in [0.29, 0.717) is 11.5 Å². The lowest BCUT2D eigenvalue weighted by molar-refractivity contribution is -0.123. The molecule has 2 heterocycles. The molecule has 0 spiro atoms. The summed E-state index contributed by atoms with van der Waals surface area (Å²) in [6.45, 7) is 5.76. The molecule has 2 aromatic heterocycles. The SMILES string of the molecule is COc1ccccc1CNC(=O)COc1nc(-c2ncccn2)nc(NS(=O)(=O)c2ccc(C(C)(C)C)cc2)c1Oc1ccccc1OC. The molecule has 0 aliphatic heterocycles. The zero-order chi connectivity index (χ0) is 35.0. The molecule has 0 saturated heterocycles. The fourth-order valence-corrected chi connectivity index (χ4v) is 5.57. The predicted molar refractivity (Wildman–Crippen MR) is 182 cm³/mol. The highest BCUT2D eigenvalue weighted by Gasteiger charge is 2.27. The van der Waals surface area contributed by atoms with Crippen LogP contribution in [0.1, 0.15) is 31.9 Å². The second kappa shape index (κ2) is 15.0. The number of hydrogen-bond acceptors (Lipinski definition) is 11. The van der Waals surface area contributed by atoms with Crippen molar-refractivity contribution in [2.24, 2.45) is 0 Å². The fourth-order valence-electron chi connectivity index (χ4n) is 4.56. The molecule has 5 aromatic rings. The molecule has 0 aliphatic rings. The van der Waals surface area contributed by atoms with Crippen LogP contribution in [0.5, 0.6) is 28.9 Å². The normalized spacial score (nSPS) is 11.4. The maximum Gasteiger partial charge on any atom is 0.264 e. The molecule has 0 radical (unpaired) electrons. The van der Waals surface area contributed by atoms with Crippen LogP contribution in [0.25, 0.3) is 11.6 Å². The van der Waals surface area contributed by atoms with E-state index in [-0.39, 0.29) is 51.7 Å². The quantitative estimate of drug-likeness (QED) is 0.160. The Morgan fingerprint density at radius 3 is 2.06 bits per heavy atom. The predicted octanol–water partition coefficient (Wildman–Crippen LogP) is 5.54. The zero-order valence-electron chi connectivity index (χ0n) is 27.6. The van der Waals surface area contributed by atoms with E-state index in [0.717, 1.165) is 11.1 Å². The number of nitrogens with zero attached hydrogens (tertiary/aromatic N) is 4. The summed E-state index contributed by atoms with van der Waals surface area (Å²) in [5.41, 5.74) is 1.53. The summed E-state index contributed by atoms with van der Waals surface area (Å²) in [6.07, 6.45) is 2.97. The number of rotatable bonds is 13. The van der Waals surface area contributed by atoms with Crippen molar-refractivity contribution < 1.29 is 32.2 Å². The van der Waals surface area contributed by atoms with Crippen molar-refractivity contribution in [3.63, 3.8) is 0 Å². The third-order valence-electron chi connectivity index (χ3n) is 7.15. The van der Waals surface area contributed by atoms with Gasteiger partial charge >= 0.3 is 0 Å². The van der Waals surface area contributed by atoms with Gasteiger partial charge in [0, 0.05) is 24.5 Å². The molecule has 0 bridgehead atoms. The van der Waals surface area contributed by atoms with Gasteiger partial charge in [0.15, 0.2) is 29.7 Å². The Bertz CT molecular complexity index is 2020. The second-order valence-corrected chi connectivity index (χ2v) is 13.3. The highest BCUT2D eigenvalue weighted by atomic mass is 32.2. The first-order valence-electron chi connectivity index (χ1n) is 15.1. The average molecular weight is 685 g/mol. The Morgan fingerprint density at radius 2 is 1.41 bits per heavy atom. The second-order valence-electron chi connectivity index (χ2n) is 11.6. The van der Waals surface area contributed by atoms with Gasteiger partial charge in [0.1, 0.15) is 5.75 Å². The lowest BCUT2D eigenvalue weighted by Crippen LogP contribution is -2.29. The molecule has 0 saturated carbocycles. The van der Waals surface area contributed by atoms with Crippen LogP contribution in [-0.2, 0) is 26.8 Å². The number of benzene rings is 3. The Morgan fingerprint density at radius 1 is 0.776 bits per heavy atom. The molecule has 0 unspecified atom stereocenters. The van der Waals surface area contributed by atoms with Gasteiger partial charge in [-0.25, -0.2) is 23.4 Å². The molecule has 0 fully saturated rings. The number of methoxy groups -OCH3 is 2. The molecule has 0 aliphatic carbocycles. The van der Waals surface area contributed by atoms with Crippen molar-refractivity contribution in [1.82, 2.24) is 25.3 Å². The summed E-state index contributed by atoms with van der Waals surface area (Å²) in [5.74, 6) is -0.107. The number of aromatic nitrogens is 4. The molecule has 5 rings (SSSR count). The minimum Gasteiger partial charge on any atom is -0.496 e. The zero-order valence-corrected chi connectivity index (χ0v) is 28.4. The van der Waals surface area contributed by atoms with Gasteiger partial charge in [-0.3, -0.25) is 9.52 Å². The van der Waals surface area contributed by atoms with Gasteiger partial charge < -0.3 is 24.3 Å². The highest BCUT2D eigenvalue weighted by molar-refractivity contribution is 7.92. The number of carbonyl (C=O) groups excluding carboxylic acids is 1. The number of hydrogen-bond donors (Lipinski definition) is 2. The Hall–Kier alpha value is -5.76. The Labute approximate surface area is 284 Å². The van der Waals surface area contributed by atoms with Gasteiger partial charge in [0.2, 0.25) is 11.6 Å². The number of amides is 1. The first-order chi connectivity index (χ1) is 23.5. The fraction of sp³-hybridized carbons (Fsp3) is 0.229. The van der Waals surface area contributed by atoms with Crippen molar-refractivity contribution in [2.45, 2.75) is 37.6 Å². The molecule has 2 N–H and O–H groups in total. The summed E-state index contributed by atoms with van der Waals surface area (Å²) >= 11 is 0. The third-order valence-corrected chi connectivity index (χ3v) is 8.51. The van der Waals surface area contributed by atoms with Crippen LogP contribution >= 0.6 is 0 Å². The first kappa shape index (κ1) is 34.6. The molecular formula is C35H36N6O7S. The van der Waals surface area contributed by atoms with E-state index in [1.165, 1.54) is 31.6 Å². The maximum absolute atomic E-state index is 13.8. The molecule has 254 valence electrons. The Balaban J connectivity index is 1.54. The topological polar surface area (TPSA) is 164 Å². The van der Waals surface area contributed by atoms with Crippen LogP contribution in [0, 0.1) is 0 Å². The van der Waals surface area contributed by atoms with E-state index in [2.05, 4.69) is 30.0 Å². The van der Waals surface area contributed by atoms with E-state index in [1.54, 1.807) is 55.6 Å².